The van der Waals surface area contributed by atoms with Crippen LogP contribution in [0.15, 0.2) is 48.7 Å². The van der Waals surface area contributed by atoms with Crippen LogP contribution in [-0.4, -0.2) is 34.1 Å². The summed E-state index contributed by atoms with van der Waals surface area (Å²) >= 11 is 0. The minimum atomic E-state index is -4.33. The first kappa shape index (κ1) is 20.6. The van der Waals surface area contributed by atoms with E-state index in [1.807, 2.05) is 25.1 Å². The van der Waals surface area contributed by atoms with Crippen molar-refractivity contribution in [3.63, 3.8) is 0 Å². The number of aryl methyl sites for hydroxylation is 1. The van der Waals surface area contributed by atoms with Gasteiger partial charge in [0.1, 0.15) is 11.9 Å². The predicted molar refractivity (Wildman–Crippen MR) is 109 cm³/mol. The molecular weight excluding hydrogens is 391 g/mol. The maximum atomic E-state index is 12.7. The standard InChI is InChI=1S/C23H23F3N3O/c1-15-20-7-8-21(28-22(20)9-12-27-15)16(2)29-13-10-19(11-14-29)30-18-5-3-17(4-6-18)23(24,25)26/h3-9,12,16,19H,2,10-11,13-14H2,1H3. The molecule has 0 bridgehead atoms. The number of pyridine rings is 2. The van der Waals surface area contributed by atoms with Gasteiger partial charge in [0, 0.05) is 30.4 Å². The number of alkyl halides is 3. The number of nitrogens with zero attached hydrogens (tertiary/aromatic N) is 3. The molecular formula is C23H23F3N3O. The van der Waals surface area contributed by atoms with E-state index in [-0.39, 0.29) is 12.1 Å². The third-order valence-electron chi connectivity index (χ3n) is 5.58. The van der Waals surface area contributed by atoms with E-state index in [4.69, 9.17) is 9.72 Å². The van der Waals surface area contributed by atoms with Crippen LogP contribution in [0.5, 0.6) is 5.75 Å². The third-order valence-corrected chi connectivity index (χ3v) is 5.58. The van der Waals surface area contributed by atoms with Crippen molar-refractivity contribution in [3.8, 4) is 5.75 Å². The molecule has 3 heterocycles. The monoisotopic (exact) mass is 414 g/mol. The summed E-state index contributed by atoms with van der Waals surface area (Å²) in [5, 5.41) is 1.04. The fourth-order valence-electron chi connectivity index (χ4n) is 3.81. The highest BCUT2D eigenvalue weighted by molar-refractivity contribution is 5.80. The molecule has 1 radical (unpaired) electrons. The third kappa shape index (κ3) is 4.41. The number of rotatable bonds is 4. The zero-order valence-electron chi connectivity index (χ0n) is 16.7. The Balaban J connectivity index is 1.36. The lowest BCUT2D eigenvalue weighted by Gasteiger charge is -2.35. The van der Waals surface area contributed by atoms with Crippen molar-refractivity contribution in [2.75, 3.05) is 13.1 Å². The minimum Gasteiger partial charge on any atom is -0.490 e. The number of benzene rings is 1. The molecule has 1 aromatic carbocycles. The lowest BCUT2D eigenvalue weighted by Crippen LogP contribution is -2.39. The maximum Gasteiger partial charge on any atom is 0.416 e. The van der Waals surface area contributed by atoms with Gasteiger partial charge in [0.15, 0.2) is 0 Å². The summed E-state index contributed by atoms with van der Waals surface area (Å²) in [6.45, 7) is 7.84. The van der Waals surface area contributed by atoms with Gasteiger partial charge in [0.05, 0.1) is 22.8 Å². The molecule has 1 aliphatic heterocycles. The number of piperidine rings is 1. The average Bonchev–Trinajstić information content (AvgIpc) is 2.73. The van der Waals surface area contributed by atoms with E-state index in [0.29, 0.717) is 5.75 Å². The van der Waals surface area contributed by atoms with Crippen LogP contribution in [0.1, 0.15) is 35.8 Å². The van der Waals surface area contributed by atoms with Gasteiger partial charge < -0.3 is 4.74 Å². The number of ether oxygens (including phenoxy) is 1. The van der Waals surface area contributed by atoms with Crippen molar-refractivity contribution in [1.82, 2.24) is 14.9 Å². The highest BCUT2D eigenvalue weighted by Gasteiger charge is 2.30. The molecule has 1 fully saturated rings. The number of likely N-dealkylation sites (tertiary alicyclic amines) is 1. The zero-order valence-corrected chi connectivity index (χ0v) is 16.7. The molecule has 0 saturated carbocycles. The molecule has 4 rings (SSSR count). The van der Waals surface area contributed by atoms with Gasteiger partial charge in [-0.2, -0.15) is 13.2 Å². The molecule has 157 valence electrons. The molecule has 7 heteroatoms. The Hall–Kier alpha value is -2.67. The van der Waals surface area contributed by atoms with Crippen LogP contribution < -0.4 is 4.74 Å². The Morgan fingerprint density at radius 1 is 1.07 bits per heavy atom. The van der Waals surface area contributed by atoms with Crippen molar-refractivity contribution in [2.24, 2.45) is 0 Å². The van der Waals surface area contributed by atoms with Crippen LogP contribution in [0, 0.1) is 13.8 Å². The molecule has 1 aliphatic rings. The Kier molecular flexibility index (Phi) is 5.64. The molecule has 1 atom stereocenters. The second kappa shape index (κ2) is 8.22. The van der Waals surface area contributed by atoms with E-state index in [9.17, 15) is 13.2 Å². The smallest absolute Gasteiger partial charge is 0.416 e. The summed E-state index contributed by atoms with van der Waals surface area (Å²) in [7, 11) is 0. The summed E-state index contributed by atoms with van der Waals surface area (Å²) in [6.07, 6.45) is -1.04. The SMILES string of the molecule is [CH2]C(c1ccc2c(C)nccc2n1)N1CCC(Oc2ccc(C(F)(F)F)cc2)CC1. The van der Waals surface area contributed by atoms with E-state index in [2.05, 4.69) is 16.8 Å². The lowest BCUT2D eigenvalue weighted by atomic mass is 10.0. The van der Waals surface area contributed by atoms with Crippen molar-refractivity contribution in [1.29, 1.82) is 0 Å². The molecule has 0 amide bonds. The van der Waals surface area contributed by atoms with E-state index >= 15 is 0 Å². The molecule has 0 spiro atoms. The Morgan fingerprint density at radius 3 is 2.43 bits per heavy atom. The second-order valence-electron chi connectivity index (χ2n) is 7.59. The zero-order chi connectivity index (χ0) is 21.3. The molecule has 2 aromatic heterocycles. The van der Waals surface area contributed by atoms with E-state index < -0.39 is 11.7 Å². The van der Waals surface area contributed by atoms with Crippen LogP contribution >= 0.6 is 0 Å². The quantitative estimate of drug-likeness (QED) is 0.575. The first-order chi connectivity index (χ1) is 14.3. The van der Waals surface area contributed by atoms with Gasteiger partial charge >= 0.3 is 6.18 Å². The first-order valence-electron chi connectivity index (χ1n) is 9.94. The molecule has 3 aromatic rings. The number of hydrogen-bond acceptors (Lipinski definition) is 4. The maximum absolute atomic E-state index is 12.7. The summed E-state index contributed by atoms with van der Waals surface area (Å²) in [5.41, 5.74) is 2.11. The molecule has 30 heavy (non-hydrogen) atoms. The molecule has 0 aliphatic carbocycles. The fraction of sp³-hybridized carbons (Fsp3) is 0.348. The van der Waals surface area contributed by atoms with Gasteiger partial charge in [-0.3, -0.25) is 14.9 Å². The lowest BCUT2D eigenvalue weighted by molar-refractivity contribution is -0.137. The van der Waals surface area contributed by atoms with Crippen LogP contribution in [0.25, 0.3) is 10.9 Å². The van der Waals surface area contributed by atoms with Crippen molar-refractivity contribution in [3.05, 3.63) is 72.5 Å². The molecule has 1 saturated heterocycles. The van der Waals surface area contributed by atoms with E-state index in [1.165, 1.54) is 12.1 Å². The van der Waals surface area contributed by atoms with Gasteiger partial charge in [-0.05, 0) is 69.2 Å². The average molecular weight is 414 g/mol. The minimum absolute atomic E-state index is 0.0246. The summed E-state index contributed by atoms with van der Waals surface area (Å²) < 4.78 is 43.9. The summed E-state index contributed by atoms with van der Waals surface area (Å²) in [4.78, 5) is 11.3. The molecule has 1 unspecified atom stereocenters. The predicted octanol–water partition coefficient (Wildman–Crippen LogP) is 5.38. The van der Waals surface area contributed by atoms with Crippen LogP contribution in [-0.2, 0) is 6.18 Å². The fourth-order valence-corrected chi connectivity index (χ4v) is 3.81. The summed E-state index contributed by atoms with van der Waals surface area (Å²) in [5.74, 6) is 0.466. The Labute approximate surface area is 173 Å². The van der Waals surface area contributed by atoms with Gasteiger partial charge in [-0.15, -0.1) is 0 Å². The number of fused-ring (bicyclic) bond motifs is 1. The van der Waals surface area contributed by atoms with E-state index in [0.717, 1.165) is 60.4 Å². The van der Waals surface area contributed by atoms with Gasteiger partial charge in [-0.25, -0.2) is 0 Å². The summed E-state index contributed by atoms with van der Waals surface area (Å²) in [6, 6.07) is 10.7. The Bertz CT molecular complexity index is 1010. The van der Waals surface area contributed by atoms with Crippen molar-refractivity contribution < 1.29 is 17.9 Å². The van der Waals surface area contributed by atoms with Gasteiger partial charge in [0.25, 0.3) is 0 Å². The highest BCUT2D eigenvalue weighted by Crippen LogP contribution is 2.31. The largest absolute Gasteiger partial charge is 0.490 e. The van der Waals surface area contributed by atoms with Crippen molar-refractivity contribution >= 4 is 10.9 Å². The van der Waals surface area contributed by atoms with Crippen LogP contribution in [0.4, 0.5) is 13.2 Å². The normalized spacial score (nSPS) is 17.2. The Morgan fingerprint density at radius 2 is 1.77 bits per heavy atom. The van der Waals surface area contributed by atoms with Crippen LogP contribution in [0.2, 0.25) is 0 Å². The molecule has 4 nitrogen and oxygen atoms in total. The topological polar surface area (TPSA) is 38.2 Å². The number of halogens is 3. The second-order valence-corrected chi connectivity index (χ2v) is 7.59. The molecule has 0 N–H and O–H groups in total. The van der Waals surface area contributed by atoms with Gasteiger partial charge in [-0.1, -0.05) is 0 Å². The first-order valence-corrected chi connectivity index (χ1v) is 9.94. The van der Waals surface area contributed by atoms with Crippen molar-refractivity contribution in [2.45, 2.75) is 38.1 Å². The van der Waals surface area contributed by atoms with E-state index in [1.54, 1.807) is 6.20 Å². The highest BCUT2D eigenvalue weighted by atomic mass is 19.4. The number of hydrogen-bond donors (Lipinski definition) is 0. The van der Waals surface area contributed by atoms with Gasteiger partial charge in [0.2, 0.25) is 0 Å². The van der Waals surface area contributed by atoms with Crippen LogP contribution in [0.3, 0.4) is 0 Å². The number of aromatic nitrogens is 2.